The van der Waals surface area contributed by atoms with Gasteiger partial charge in [0.25, 0.3) is 0 Å². The van der Waals surface area contributed by atoms with Gasteiger partial charge in [0.15, 0.2) is 0 Å². The summed E-state index contributed by atoms with van der Waals surface area (Å²) in [4.78, 5) is 0.281. The van der Waals surface area contributed by atoms with E-state index in [2.05, 4.69) is 5.32 Å². The van der Waals surface area contributed by atoms with Crippen LogP contribution in [0.2, 0.25) is 0 Å². The van der Waals surface area contributed by atoms with E-state index >= 15 is 0 Å². The number of aliphatic hydroxyl groups excluding tert-OH is 2. The minimum atomic E-state index is -3.48. The highest BCUT2D eigenvalue weighted by atomic mass is 32.2. The number of unbranched alkanes of at least 4 members (excludes halogenated alkanes) is 2. The van der Waals surface area contributed by atoms with Crippen LogP contribution in [-0.4, -0.2) is 55.3 Å². The SMILES string of the molecule is CCCCN(CCCC)S(=O)(=O)c1ccc(NCC(O)CO)cc1. The Morgan fingerprint density at radius 2 is 1.62 bits per heavy atom. The number of anilines is 1. The summed E-state index contributed by atoms with van der Waals surface area (Å²) in [5, 5.41) is 21.1. The monoisotopic (exact) mass is 358 g/mol. The predicted molar refractivity (Wildman–Crippen MR) is 96.6 cm³/mol. The standard InChI is InChI=1S/C17H30N2O4S/c1-3-5-11-19(12-6-4-2)24(22,23)17-9-7-15(8-10-17)18-13-16(21)14-20/h7-10,16,18,20-21H,3-6,11-14H2,1-2H3. The van der Waals surface area contributed by atoms with Crippen molar-refractivity contribution in [1.82, 2.24) is 4.31 Å². The number of sulfonamides is 1. The first-order valence-corrected chi connectivity index (χ1v) is 10.0. The fourth-order valence-corrected chi connectivity index (χ4v) is 3.73. The summed E-state index contributed by atoms with van der Waals surface area (Å²) in [7, 11) is -3.48. The molecule has 24 heavy (non-hydrogen) atoms. The number of aliphatic hydroxyl groups is 2. The summed E-state index contributed by atoms with van der Waals surface area (Å²) in [5.41, 5.74) is 0.704. The first kappa shape index (κ1) is 20.9. The summed E-state index contributed by atoms with van der Waals surface area (Å²) in [6.45, 7) is 5.08. The zero-order valence-electron chi connectivity index (χ0n) is 14.6. The summed E-state index contributed by atoms with van der Waals surface area (Å²) in [6.07, 6.45) is 2.76. The molecule has 0 saturated carbocycles. The molecule has 0 spiro atoms. The van der Waals surface area contributed by atoms with E-state index in [9.17, 15) is 13.5 Å². The molecule has 0 aliphatic rings. The van der Waals surface area contributed by atoms with Gasteiger partial charge < -0.3 is 15.5 Å². The molecular weight excluding hydrogens is 328 g/mol. The molecule has 0 aromatic heterocycles. The van der Waals surface area contributed by atoms with Gasteiger partial charge in [0, 0.05) is 25.3 Å². The van der Waals surface area contributed by atoms with Crippen molar-refractivity contribution in [2.45, 2.75) is 50.5 Å². The second-order valence-electron chi connectivity index (χ2n) is 5.85. The first-order valence-electron chi connectivity index (χ1n) is 8.58. The van der Waals surface area contributed by atoms with E-state index in [1.165, 1.54) is 0 Å². The normalized spacial score (nSPS) is 13.2. The smallest absolute Gasteiger partial charge is 0.243 e. The summed E-state index contributed by atoms with van der Waals surface area (Å²) in [6, 6.07) is 6.51. The fraction of sp³-hybridized carbons (Fsp3) is 0.647. The Bertz CT molecular complexity index is 552. The van der Waals surface area contributed by atoms with Gasteiger partial charge in [0.05, 0.1) is 17.6 Å². The van der Waals surface area contributed by atoms with E-state index in [0.717, 1.165) is 25.7 Å². The molecule has 0 aliphatic heterocycles. The molecule has 0 fully saturated rings. The second-order valence-corrected chi connectivity index (χ2v) is 7.79. The van der Waals surface area contributed by atoms with E-state index < -0.39 is 16.1 Å². The van der Waals surface area contributed by atoms with Crippen LogP contribution in [0.25, 0.3) is 0 Å². The second kappa shape index (κ2) is 10.7. The van der Waals surface area contributed by atoms with Gasteiger partial charge in [-0.25, -0.2) is 8.42 Å². The molecule has 7 heteroatoms. The van der Waals surface area contributed by atoms with Crippen molar-refractivity contribution in [2.75, 3.05) is 31.6 Å². The molecule has 0 saturated heterocycles. The number of hydrogen-bond acceptors (Lipinski definition) is 5. The molecule has 0 bridgehead atoms. The Balaban J connectivity index is 2.83. The lowest BCUT2D eigenvalue weighted by Gasteiger charge is -2.22. The molecule has 6 nitrogen and oxygen atoms in total. The maximum absolute atomic E-state index is 12.8. The quantitative estimate of drug-likeness (QED) is 0.532. The maximum Gasteiger partial charge on any atom is 0.243 e. The van der Waals surface area contributed by atoms with E-state index in [1.54, 1.807) is 28.6 Å². The zero-order chi connectivity index (χ0) is 18.0. The van der Waals surface area contributed by atoms with Gasteiger partial charge in [0.1, 0.15) is 0 Å². The van der Waals surface area contributed by atoms with Crippen LogP contribution in [0.15, 0.2) is 29.2 Å². The van der Waals surface area contributed by atoms with Crippen LogP contribution < -0.4 is 5.32 Å². The number of nitrogens with one attached hydrogen (secondary N) is 1. The molecule has 0 heterocycles. The highest BCUT2D eigenvalue weighted by Gasteiger charge is 2.23. The van der Waals surface area contributed by atoms with E-state index in [-0.39, 0.29) is 18.0 Å². The van der Waals surface area contributed by atoms with Crippen LogP contribution in [0, 0.1) is 0 Å². The molecule has 138 valence electrons. The lowest BCUT2D eigenvalue weighted by molar-refractivity contribution is 0.105. The molecule has 1 rings (SSSR count). The summed E-state index contributed by atoms with van der Waals surface area (Å²) >= 11 is 0. The van der Waals surface area contributed by atoms with Crippen molar-refractivity contribution in [3.63, 3.8) is 0 Å². The number of rotatable bonds is 12. The van der Waals surface area contributed by atoms with Crippen molar-refractivity contribution in [2.24, 2.45) is 0 Å². The number of hydrogen-bond donors (Lipinski definition) is 3. The third-order valence-corrected chi connectivity index (χ3v) is 5.68. The van der Waals surface area contributed by atoms with Crippen LogP contribution in [0.1, 0.15) is 39.5 Å². The van der Waals surface area contributed by atoms with Crippen LogP contribution in [0.3, 0.4) is 0 Å². The van der Waals surface area contributed by atoms with E-state index in [1.807, 2.05) is 13.8 Å². The Morgan fingerprint density at radius 1 is 1.08 bits per heavy atom. The Labute approximate surface area is 145 Å². The first-order chi connectivity index (χ1) is 11.5. The average Bonchev–Trinajstić information content (AvgIpc) is 2.59. The maximum atomic E-state index is 12.8. The van der Waals surface area contributed by atoms with Crippen molar-refractivity contribution in [3.05, 3.63) is 24.3 Å². The topological polar surface area (TPSA) is 89.9 Å². The third-order valence-electron chi connectivity index (χ3n) is 3.77. The van der Waals surface area contributed by atoms with Crippen molar-refractivity contribution < 1.29 is 18.6 Å². The van der Waals surface area contributed by atoms with Crippen LogP contribution in [-0.2, 0) is 10.0 Å². The summed E-state index contributed by atoms with van der Waals surface area (Å²) < 4.78 is 27.2. The molecule has 0 aliphatic carbocycles. The molecule has 0 amide bonds. The highest BCUT2D eigenvalue weighted by Crippen LogP contribution is 2.19. The average molecular weight is 359 g/mol. The lowest BCUT2D eigenvalue weighted by atomic mass is 10.3. The van der Waals surface area contributed by atoms with Gasteiger partial charge in [-0.2, -0.15) is 4.31 Å². The molecule has 0 radical (unpaired) electrons. The zero-order valence-corrected chi connectivity index (χ0v) is 15.4. The van der Waals surface area contributed by atoms with Gasteiger partial charge in [-0.1, -0.05) is 26.7 Å². The van der Waals surface area contributed by atoms with Crippen LogP contribution in [0.5, 0.6) is 0 Å². The van der Waals surface area contributed by atoms with Crippen molar-refractivity contribution in [1.29, 1.82) is 0 Å². The molecule has 1 aromatic carbocycles. The van der Waals surface area contributed by atoms with Gasteiger partial charge in [-0.15, -0.1) is 0 Å². The fourth-order valence-electron chi connectivity index (χ4n) is 2.22. The molecular formula is C17H30N2O4S. The largest absolute Gasteiger partial charge is 0.394 e. The summed E-state index contributed by atoms with van der Waals surface area (Å²) in [5.74, 6) is 0. The molecule has 1 unspecified atom stereocenters. The Hall–Kier alpha value is -1.15. The van der Waals surface area contributed by atoms with E-state index in [4.69, 9.17) is 5.11 Å². The van der Waals surface area contributed by atoms with Crippen LogP contribution in [0.4, 0.5) is 5.69 Å². The highest BCUT2D eigenvalue weighted by molar-refractivity contribution is 7.89. The van der Waals surface area contributed by atoms with Gasteiger partial charge in [0.2, 0.25) is 10.0 Å². The minimum absolute atomic E-state index is 0.210. The Morgan fingerprint density at radius 3 is 2.08 bits per heavy atom. The molecule has 1 aromatic rings. The Kier molecular flexibility index (Phi) is 9.28. The molecule has 3 N–H and O–H groups in total. The third kappa shape index (κ3) is 6.39. The molecule has 1 atom stereocenters. The van der Waals surface area contributed by atoms with Gasteiger partial charge in [-0.3, -0.25) is 0 Å². The van der Waals surface area contributed by atoms with Crippen molar-refractivity contribution in [3.8, 4) is 0 Å². The number of nitrogens with zero attached hydrogens (tertiary/aromatic N) is 1. The van der Waals surface area contributed by atoms with Crippen molar-refractivity contribution >= 4 is 15.7 Å². The van der Waals surface area contributed by atoms with Gasteiger partial charge >= 0.3 is 0 Å². The predicted octanol–water partition coefficient (Wildman–Crippen LogP) is 2.04. The lowest BCUT2D eigenvalue weighted by Crippen LogP contribution is -2.33. The number of benzene rings is 1. The van der Waals surface area contributed by atoms with Gasteiger partial charge in [-0.05, 0) is 37.1 Å². The minimum Gasteiger partial charge on any atom is -0.394 e. The van der Waals surface area contributed by atoms with E-state index in [0.29, 0.717) is 18.8 Å². The van der Waals surface area contributed by atoms with Crippen LogP contribution >= 0.6 is 0 Å².